The molecule has 0 heterocycles. The van der Waals surface area contributed by atoms with E-state index in [1.165, 1.54) is 0 Å². The second-order valence-electron chi connectivity index (χ2n) is 5.52. The molecule has 2 heteroatoms. The third kappa shape index (κ3) is 1.72. The molecule has 0 radical (unpaired) electrons. The quantitative estimate of drug-likeness (QED) is 0.735. The zero-order chi connectivity index (χ0) is 14.4. The van der Waals surface area contributed by atoms with Crippen LogP contribution < -0.4 is 0 Å². The van der Waals surface area contributed by atoms with E-state index in [0.717, 1.165) is 22.3 Å². The Morgan fingerprint density at radius 2 is 1.25 bits per heavy atom. The zero-order valence-electron chi connectivity index (χ0n) is 11.9. The predicted molar refractivity (Wildman–Crippen MR) is 78.5 cm³/mol. The molecule has 0 unspecified atom stereocenters. The van der Waals surface area contributed by atoms with Crippen molar-refractivity contribution >= 4 is 11.6 Å². The Bertz CT molecular complexity index is 683. The standard InChI is InChI=1S/C18H16O2/c1-10-8-11(2)15(12(3)9-10)16-17(19)13-6-4-5-7-14(13)18(16)20/h4-9,16H,1-3H3. The van der Waals surface area contributed by atoms with Crippen LogP contribution in [0.15, 0.2) is 36.4 Å². The summed E-state index contributed by atoms with van der Waals surface area (Å²) < 4.78 is 0. The number of Topliss-reactive ketones (excluding diaryl/α,β-unsaturated/α-hetero) is 2. The van der Waals surface area contributed by atoms with Crippen LogP contribution in [-0.4, -0.2) is 11.6 Å². The summed E-state index contributed by atoms with van der Waals surface area (Å²) in [4.78, 5) is 25.2. The molecule has 0 atom stereocenters. The van der Waals surface area contributed by atoms with E-state index in [2.05, 4.69) is 0 Å². The van der Waals surface area contributed by atoms with Gasteiger partial charge in [0.05, 0.1) is 0 Å². The molecule has 1 aliphatic rings. The van der Waals surface area contributed by atoms with E-state index in [4.69, 9.17) is 0 Å². The van der Waals surface area contributed by atoms with Gasteiger partial charge in [0.25, 0.3) is 0 Å². The van der Waals surface area contributed by atoms with Gasteiger partial charge in [-0.2, -0.15) is 0 Å². The molecule has 3 rings (SSSR count). The van der Waals surface area contributed by atoms with Crippen molar-refractivity contribution < 1.29 is 9.59 Å². The van der Waals surface area contributed by atoms with Crippen molar-refractivity contribution in [1.82, 2.24) is 0 Å². The Balaban J connectivity index is 2.19. The molecule has 20 heavy (non-hydrogen) atoms. The normalized spacial score (nSPS) is 14.8. The highest BCUT2D eigenvalue weighted by atomic mass is 16.2. The summed E-state index contributed by atoms with van der Waals surface area (Å²) in [6.45, 7) is 5.97. The van der Waals surface area contributed by atoms with Crippen molar-refractivity contribution in [2.45, 2.75) is 26.7 Å². The lowest BCUT2D eigenvalue weighted by molar-refractivity contribution is 0.0889. The highest BCUT2D eigenvalue weighted by Crippen LogP contribution is 2.37. The van der Waals surface area contributed by atoms with Crippen LogP contribution in [0.3, 0.4) is 0 Å². The van der Waals surface area contributed by atoms with Gasteiger partial charge in [0.2, 0.25) is 0 Å². The molecule has 0 saturated carbocycles. The molecule has 0 amide bonds. The van der Waals surface area contributed by atoms with E-state index in [1.54, 1.807) is 24.3 Å². The maximum absolute atomic E-state index is 12.6. The van der Waals surface area contributed by atoms with E-state index in [1.807, 2.05) is 32.9 Å². The molecule has 0 spiro atoms. The number of fused-ring (bicyclic) bond motifs is 1. The summed E-state index contributed by atoms with van der Waals surface area (Å²) in [5.74, 6) is -0.797. The van der Waals surface area contributed by atoms with Crippen molar-refractivity contribution in [2.75, 3.05) is 0 Å². The smallest absolute Gasteiger partial charge is 0.178 e. The second-order valence-corrected chi connectivity index (χ2v) is 5.52. The predicted octanol–water partition coefficient (Wildman–Crippen LogP) is 3.77. The zero-order valence-corrected chi connectivity index (χ0v) is 11.9. The topological polar surface area (TPSA) is 34.1 Å². The molecule has 1 aliphatic carbocycles. The van der Waals surface area contributed by atoms with Crippen molar-refractivity contribution in [3.05, 3.63) is 69.8 Å². The molecule has 0 fully saturated rings. The summed E-state index contributed by atoms with van der Waals surface area (Å²) in [5, 5.41) is 0. The van der Waals surface area contributed by atoms with Gasteiger partial charge in [-0.3, -0.25) is 9.59 Å². The minimum atomic E-state index is -0.659. The summed E-state index contributed by atoms with van der Waals surface area (Å²) >= 11 is 0. The maximum atomic E-state index is 12.6. The fourth-order valence-corrected chi connectivity index (χ4v) is 3.25. The summed E-state index contributed by atoms with van der Waals surface area (Å²) in [5.41, 5.74) is 5.17. The molecule has 0 saturated heterocycles. The Morgan fingerprint density at radius 3 is 1.70 bits per heavy atom. The highest BCUT2D eigenvalue weighted by molar-refractivity contribution is 6.29. The Morgan fingerprint density at radius 1 is 0.800 bits per heavy atom. The van der Waals surface area contributed by atoms with Gasteiger partial charge in [0, 0.05) is 11.1 Å². The van der Waals surface area contributed by atoms with E-state index in [-0.39, 0.29) is 11.6 Å². The molecule has 2 aromatic rings. The van der Waals surface area contributed by atoms with Crippen LogP contribution in [0.4, 0.5) is 0 Å². The molecule has 0 N–H and O–H groups in total. The summed E-state index contributed by atoms with van der Waals surface area (Å²) in [6, 6.07) is 11.2. The van der Waals surface area contributed by atoms with Crippen molar-refractivity contribution in [3.63, 3.8) is 0 Å². The third-order valence-corrected chi connectivity index (χ3v) is 4.01. The van der Waals surface area contributed by atoms with Crippen molar-refractivity contribution in [1.29, 1.82) is 0 Å². The minimum absolute atomic E-state index is 0.0688. The average molecular weight is 264 g/mol. The van der Waals surface area contributed by atoms with Crippen LogP contribution >= 0.6 is 0 Å². The number of rotatable bonds is 1. The Hall–Kier alpha value is -2.22. The van der Waals surface area contributed by atoms with Gasteiger partial charge in [-0.15, -0.1) is 0 Å². The van der Waals surface area contributed by atoms with Crippen LogP contribution in [0.1, 0.15) is 48.9 Å². The average Bonchev–Trinajstić information content (AvgIpc) is 2.64. The highest BCUT2D eigenvalue weighted by Gasteiger charge is 2.40. The SMILES string of the molecule is Cc1cc(C)c(C2C(=O)c3ccccc3C2=O)c(C)c1. The van der Waals surface area contributed by atoms with Gasteiger partial charge >= 0.3 is 0 Å². The summed E-state index contributed by atoms with van der Waals surface area (Å²) in [7, 11) is 0. The molecule has 0 bridgehead atoms. The first-order valence-electron chi connectivity index (χ1n) is 6.76. The van der Waals surface area contributed by atoms with Crippen LogP contribution in [0, 0.1) is 20.8 Å². The Labute approximate surface area is 118 Å². The lowest BCUT2D eigenvalue weighted by Crippen LogP contribution is -2.15. The van der Waals surface area contributed by atoms with Crippen LogP contribution in [0.25, 0.3) is 0 Å². The molecule has 2 nitrogen and oxygen atoms in total. The molecule has 0 aromatic heterocycles. The largest absolute Gasteiger partial charge is 0.293 e. The third-order valence-electron chi connectivity index (χ3n) is 4.01. The van der Waals surface area contributed by atoms with Gasteiger partial charge in [0.15, 0.2) is 11.6 Å². The monoisotopic (exact) mass is 264 g/mol. The molecule has 2 aromatic carbocycles. The molecule has 100 valence electrons. The van der Waals surface area contributed by atoms with E-state index in [0.29, 0.717) is 11.1 Å². The number of carbonyl (C=O) groups excluding carboxylic acids is 2. The number of hydrogen-bond donors (Lipinski definition) is 0. The lowest BCUT2D eigenvalue weighted by Gasteiger charge is -2.15. The molecular formula is C18H16O2. The van der Waals surface area contributed by atoms with Gasteiger partial charge in [-0.1, -0.05) is 42.0 Å². The van der Waals surface area contributed by atoms with Crippen LogP contribution in [0.2, 0.25) is 0 Å². The van der Waals surface area contributed by atoms with Crippen molar-refractivity contribution in [2.24, 2.45) is 0 Å². The minimum Gasteiger partial charge on any atom is -0.293 e. The van der Waals surface area contributed by atoms with E-state index < -0.39 is 5.92 Å². The first-order chi connectivity index (χ1) is 9.50. The number of ketones is 2. The molecule has 0 aliphatic heterocycles. The van der Waals surface area contributed by atoms with Gasteiger partial charge in [0.1, 0.15) is 5.92 Å². The fraction of sp³-hybridized carbons (Fsp3) is 0.222. The molecular weight excluding hydrogens is 248 g/mol. The van der Waals surface area contributed by atoms with Crippen molar-refractivity contribution in [3.8, 4) is 0 Å². The number of benzene rings is 2. The second kappa shape index (κ2) is 4.41. The van der Waals surface area contributed by atoms with E-state index >= 15 is 0 Å². The van der Waals surface area contributed by atoms with E-state index in [9.17, 15) is 9.59 Å². The van der Waals surface area contributed by atoms with Crippen LogP contribution in [-0.2, 0) is 0 Å². The van der Waals surface area contributed by atoms with Gasteiger partial charge in [-0.25, -0.2) is 0 Å². The number of carbonyl (C=O) groups is 2. The first-order valence-corrected chi connectivity index (χ1v) is 6.76. The maximum Gasteiger partial charge on any atom is 0.178 e. The summed E-state index contributed by atoms with van der Waals surface area (Å²) in [6.07, 6.45) is 0. The Kier molecular flexibility index (Phi) is 2.82. The van der Waals surface area contributed by atoms with Gasteiger partial charge < -0.3 is 0 Å². The number of aryl methyl sites for hydroxylation is 3. The number of hydrogen-bond acceptors (Lipinski definition) is 2. The van der Waals surface area contributed by atoms with Crippen LogP contribution in [0.5, 0.6) is 0 Å². The first kappa shape index (κ1) is 12.8. The lowest BCUT2D eigenvalue weighted by atomic mass is 9.86. The van der Waals surface area contributed by atoms with Gasteiger partial charge in [-0.05, 0) is 37.5 Å². The fourth-order valence-electron chi connectivity index (χ4n) is 3.25.